The van der Waals surface area contributed by atoms with E-state index in [-0.39, 0.29) is 5.78 Å². The van der Waals surface area contributed by atoms with Crippen LogP contribution < -0.4 is 4.74 Å². The lowest BCUT2D eigenvalue weighted by atomic mass is 10.1. The fourth-order valence-corrected chi connectivity index (χ4v) is 1.82. The molecule has 0 saturated heterocycles. The molecule has 0 radical (unpaired) electrons. The number of benzene rings is 2. The summed E-state index contributed by atoms with van der Waals surface area (Å²) in [5, 5.41) is 8.68. The summed E-state index contributed by atoms with van der Waals surface area (Å²) in [6.45, 7) is 0.491. The highest BCUT2D eigenvalue weighted by atomic mass is 16.5. The summed E-state index contributed by atoms with van der Waals surface area (Å²) in [6, 6.07) is 18.3. The Morgan fingerprint density at radius 2 is 1.75 bits per heavy atom. The van der Waals surface area contributed by atoms with Crippen LogP contribution in [0.5, 0.6) is 5.75 Å². The van der Waals surface area contributed by atoms with Crippen LogP contribution in [0.4, 0.5) is 0 Å². The van der Waals surface area contributed by atoms with Crippen LogP contribution in [0.1, 0.15) is 28.8 Å². The van der Waals surface area contributed by atoms with Gasteiger partial charge in [0.05, 0.1) is 18.2 Å². The van der Waals surface area contributed by atoms with Crippen LogP contribution >= 0.6 is 0 Å². The van der Waals surface area contributed by atoms with Gasteiger partial charge in [-0.25, -0.2) is 0 Å². The second-order valence-corrected chi connectivity index (χ2v) is 4.38. The Balaban J connectivity index is 1.74. The van der Waals surface area contributed by atoms with E-state index in [1.54, 1.807) is 24.3 Å². The van der Waals surface area contributed by atoms with Crippen molar-refractivity contribution in [1.29, 1.82) is 5.26 Å². The van der Waals surface area contributed by atoms with Crippen LogP contribution in [0.15, 0.2) is 54.6 Å². The zero-order valence-corrected chi connectivity index (χ0v) is 11.1. The SMILES string of the molecule is N#Cc1ccc(OCCCC(=O)c2ccccc2)cc1. The Bertz CT molecular complexity index is 597. The van der Waals surface area contributed by atoms with Gasteiger partial charge in [-0.1, -0.05) is 30.3 Å². The summed E-state index contributed by atoms with van der Waals surface area (Å²) in [7, 11) is 0. The standard InChI is InChI=1S/C17H15NO2/c18-13-14-8-10-16(11-9-14)20-12-4-7-17(19)15-5-2-1-3-6-15/h1-3,5-6,8-11H,4,7,12H2. The molecule has 0 atom stereocenters. The Hall–Kier alpha value is -2.60. The predicted octanol–water partition coefficient (Wildman–Crippen LogP) is 3.60. The van der Waals surface area contributed by atoms with Gasteiger partial charge < -0.3 is 4.74 Å². The Morgan fingerprint density at radius 3 is 2.40 bits per heavy atom. The van der Waals surface area contributed by atoms with Crippen LogP contribution in [0.3, 0.4) is 0 Å². The van der Waals surface area contributed by atoms with Crippen molar-refractivity contribution in [3.63, 3.8) is 0 Å². The lowest BCUT2D eigenvalue weighted by Gasteiger charge is -2.05. The highest BCUT2D eigenvalue weighted by molar-refractivity contribution is 5.95. The van der Waals surface area contributed by atoms with Gasteiger partial charge >= 0.3 is 0 Å². The van der Waals surface area contributed by atoms with E-state index in [0.717, 1.165) is 11.3 Å². The van der Waals surface area contributed by atoms with E-state index in [9.17, 15) is 4.79 Å². The lowest BCUT2D eigenvalue weighted by molar-refractivity contribution is 0.0973. The molecule has 2 aromatic carbocycles. The maximum atomic E-state index is 11.8. The highest BCUT2D eigenvalue weighted by Gasteiger charge is 2.04. The minimum absolute atomic E-state index is 0.133. The van der Waals surface area contributed by atoms with E-state index in [2.05, 4.69) is 6.07 Å². The van der Waals surface area contributed by atoms with Gasteiger partial charge in [0.25, 0.3) is 0 Å². The number of Topliss-reactive ketones (excluding diaryl/α,β-unsaturated/α-hetero) is 1. The van der Waals surface area contributed by atoms with Gasteiger partial charge in [-0.05, 0) is 30.7 Å². The maximum Gasteiger partial charge on any atom is 0.163 e. The second-order valence-electron chi connectivity index (χ2n) is 4.38. The van der Waals surface area contributed by atoms with Crippen molar-refractivity contribution in [2.45, 2.75) is 12.8 Å². The van der Waals surface area contributed by atoms with Crippen LogP contribution in [0, 0.1) is 11.3 Å². The minimum atomic E-state index is 0.133. The molecule has 100 valence electrons. The average molecular weight is 265 g/mol. The van der Waals surface area contributed by atoms with Crippen molar-refractivity contribution in [1.82, 2.24) is 0 Å². The number of ether oxygens (including phenoxy) is 1. The fraction of sp³-hybridized carbons (Fsp3) is 0.176. The summed E-state index contributed by atoms with van der Waals surface area (Å²) in [4.78, 5) is 11.8. The molecule has 0 aliphatic rings. The first-order valence-corrected chi connectivity index (χ1v) is 6.51. The van der Waals surface area contributed by atoms with Gasteiger partial charge in [0.2, 0.25) is 0 Å². The molecule has 2 rings (SSSR count). The van der Waals surface area contributed by atoms with Crippen LogP contribution in [-0.4, -0.2) is 12.4 Å². The van der Waals surface area contributed by atoms with Crippen molar-refractivity contribution < 1.29 is 9.53 Å². The van der Waals surface area contributed by atoms with Crippen molar-refractivity contribution in [3.8, 4) is 11.8 Å². The molecule has 0 saturated carbocycles. The Morgan fingerprint density at radius 1 is 1.05 bits per heavy atom. The molecule has 0 fully saturated rings. The topological polar surface area (TPSA) is 50.1 Å². The first-order valence-electron chi connectivity index (χ1n) is 6.51. The first-order chi connectivity index (χ1) is 9.79. The quantitative estimate of drug-likeness (QED) is 0.592. The molecule has 0 aliphatic heterocycles. The van der Waals surface area contributed by atoms with Gasteiger partial charge in [-0.3, -0.25) is 4.79 Å². The summed E-state index contributed by atoms with van der Waals surface area (Å²) >= 11 is 0. The molecule has 0 amide bonds. The molecule has 0 unspecified atom stereocenters. The highest BCUT2D eigenvalue weighted by Crippen LogP contribution is 2.12. The number of hydrogen-bond donors (Lipinski definition) is 0. The average Bonchev–Trinajstić information content (AvgIpc) is 2.53. The molecule has 20 heavy (non-hydrogen) atoms. The van der Waals surface area contributed by atoms with Crippen LogP contribution in [0.2, 0.25) is 0 Å². The monoisotopic (exact) mass is 265 g/mol. The van der Waals surface area contributed by atoms with Gasteiger partial charge in [0.15, 0.2) is 5.78 Å². The van der Waals surface area contributed by atoms with Crippen LogP contribution in [-0.2, 0) is 0 Å². The first kappa shape index (κ1) is 13.8. The number of carbonyl (C=O) groups is 1. The van der Waals surface area contributed by atoms with E-state index in [1.807, 2.05) is 30.3 Å². The molecule has 2 aromatic rings. The molecule has 0 aromatic heterocycles. The summed E-state index contributed by atoms with van der Waals surface area (Å²) in [6.07, 6.45) is 1.15. The third-order valence-electron chi connectivity index (χ3n) is 2.90. The molecule has 0 heterocycles. The zero-order valence-electron chi connectivity index (χ0n) is 11.1. The van der Waals surface area contributed by atoms with Crippen molar-refractivity contribution in [3.05, 3.63) is 65.7 Å². The van der Waals surface area contributed by atoms with E-state index < -0.39 is 0 Å². The molecule has 3 heteroatoms. The van der Waals surface area contributed by atoms with Gasteiger partial charge in [0, 0.05) is 12.0 Å². The zero-order chi connectivity index (χ0) is 14.2. The largest absolute Gasteiger partial charge is 0.494 e. The van der Waals surface area contributed by atoms with E-state index in [1.165, 1.54) is 0 Å². The molecule has 0 N–H and O–H groups in total. The molecule has 0 bridgehead atoms. The fourth-order valence-electron chi connectivity index (χ4n) is 1.82. The van der Waals surface area contributed by atoms with Gasteiger partial charge in [-0.15, -0.1) is 0 Å². The van der Waals surface area contributed by atoms with Crippen molar-refractivity contribution >= 4 is 5.78 Å². The van der Waals surface area contributed by atoms with E-state index in [0.29, 0.717) is 25.0 Å². The van der Waals surface area contributed by atoms with Crippen molar-refractivity contribution in [2.24, 2.45) is 0 Å². The number of ketones is 1. The number of nitrogens with zero attached hydrogens (tertiary/aromatic N) is 1. The molecular weight excluding hydrogens is 250 g/mol. The Kier molecular flexibility index (Phi) is 4.91. The number of nitriles is 1. The van der Waals surface area contributed by atoms with Crippen LogP contribution in [0.25, 0.3) is 0 Å². The number of carbonyl (C=O) groups excluding carboxylic acids is 1. The summed E-state index contributed by atoms with van der Waals surface area (Å²) in [5.74, 6) is 0.852. The predicted molar refractivity (Wildman–Crippen MR) is 76.7 cm³/mol. The molecular formula is C17H15NO2. The van der Waals surface area contributed by atoms with E-state index >= 15 is 0 Å². The molecule has 0 spiro atoms. The third-order valence-corrected chi connectivity index (χ3v) is 2.90. The molecule has 3 nitrogen and oxygen atoms in total. The smallest absolute Gasteiger partial charge is 0.163 e. The van der Waals surface area contributed by atoms with E-state index in [4.69, 9.17) is 10.00 Å². The Labute approximate surface area is 118 Å². The van der Waals surface area contributed by atoms with Crippen molar-refractivity contribution in [2.75, 3.05) is 6.61 Å². The number of rotatable bonds is 6. The summed E-state index contributed by atoms with van der Waals surface area (Å²) < 4.78 is 5.53. The second kappa shape index (κ2) is 7.10. The summed E-state index contributed by atoms with van der Waals surface area (Å²) in [5.41, 5.74) is 1.35. The van der Waals surface area contributed by atoms with Gasteiger partial charge in [-0.2, -0.15) is 5.26 Å². The normalized spacial score (nSPS) is 9.75. The third kappa shape index (κ3) is 3.96. The maximum absolute atomic E-state index is 11.8. The lowest BCUT2D eigenvalue weighted by Crippen LogP contribution is -2.03. The minimum Gasteiger partial charge on any atom is -0.494 e. The number of hydrogen-bond acceptors (Lipinski definition) is 3. The van der Waals surface area contributed by atoms with Gasteiger partial charge in [0.1, 0.15) is 5.75 Å². The molecule has 0 aliphatic carbocycles.